The first kappa shape index (κ1) is 13.2. The molecule has 0 N–H and O–H groups in total. The third-order valence-electron chi connectivity index (χ3n) is 4.02. The number of aromatic nitrogens is 2. The zero-order valence-corrected chi connectivity index (χ0v) is 12.3. The molecule has 0 aliphatic carbocycles. The van der Waals surface area contributed by atoms with Crippen LogP contribution in [-0.4, -0.2) is 36.3 Å². The van der Waals surface area contributed by atoms with Gasteiger partial charge in [0, 0.05) is 36.4 Å². The van der Waals surface area contributed by atoms with Gasteiger partial charge in [-0.2, -0.15) is 0 Å². The molecule has 0 amide bonds. The molecule has 0 unspecified atom stereocenters. The molecule has 1 aliphatic heterocycles. The monoisotopic (exact) mass is 291 g/mol. The molecular weight excluding hydrogens is 274 g/mol. The molecule has 4 rings (SSSR count). The number of nitrogens with zero attached hydrogens (tertiary/aromatic N) is 3. The summed E-state index contributed by atoms with van der Waals surface area (Å²) in [6, 6.07) is 14.6. The van der Waals surface area contributed by atoms with Gasteiger partial charge in [0.25, 0.3) is 0 Å². The van der Waals surface area contributed by atoms with Gasteiger partial charge in [0.2, 0.25) is 0 Å². The lowest BCUT2D eigenvalue weighted by atomic mass is 10.1. The first-order chi connectivity index (χ1) is 10.9. The van der Waals surface area contributed by atoms with Gasteiger partial charge in [-0.3, -0.25) is 4.98 Å². The summed E-state index contributed by atoms with van der Waals surface area (Å²) in [5.74, 6) is 1.02. The van der Waals surface area contributed by atoms with E-state index < -0.39 is 0 Å². The lowest BCUT2D eigenvalue weighted by Gasteiger charge is -2.27. The molecule has 3 aromatic rings. The molecule has 0 spiro atoms. The van der Waals surface area contributed by atoms with Gasteiger partial charge in [0.1, 0.15) is 5.82 Å². The summed E-state index contributed by atoms with van der Waals surface area (Å²) >= 11 is 0. The van der Waals surface area contributed by atoms with Crippen LogP contribution in [0.5, 0.6) is 0 Å². The molecule has 1 aliphatic rings. The Hall–Kier alpha value is -2.46. The van der Waals surface area contributed by atoms with E-state index in [1.54, 1.807) is 0 Å². The number of pyridine rings is 2. The zero-order valence-electron chi connectivity index (χ0n) is 12.3. The second-order valence-electron chi connectivity index (χ2n) is 5.42. The quantitative estimate of drug-likeness (QED) is 0.727. The van der Waals surface area contributed by atoms with Crippen molar-refractivity contribution < 1.29 is 4.74 Å². The van der Waals surface area contributed by atoms with E-state index in [1.807, 2.05) is 18.5 Å². The summed E-state index contributed by atoms with van der Waals surface area (Å²) in [5.41, 5.74) is 3.31. The minimum Gasteiger partial charge on any atom is -0.378 e. The van der Waals surface area contributed by atoms with E-state index >= 15 is 0 Å². The van der Waals surface area contributed by atoms with Crippen LogP contribution in [0.15, 0.2) is 54.9 Å². The largest absolute Gasteiger partial charge is 0.378 e. The Kier molecular flexibility index (Phi) is 3.45. The van der Waals surface area contributed by atoms with Crippen LogP contribution in [0.2, 0.25) is 0 Å². The molecule has 4 nitrogen and oxygen atoms in total. The van der Waals surface area contributed by atoms with Crippen LogP contribution in [0.25, 0.3) is 22.0 Å². The lowest BCUT2D eigenvalue weighted by Crippen LogP contribution is -2.36. The molecule has 110 valence electrons. The molecule has 22 heavy (non-hydrogen) atoms. The highest BCUT2D eigenvalue weighted by Gasteiger charge is 2.12. The molecule has 0 atom stereocenters. The number of rotatable bonds is 2. The molecule has 0 radical (unpaired) electrons. The topological polar surface area (TPSA) is 38.2 Å². The fourth-order valence-electron chi connectivity index (χ4n) is 2.79. The molecule has 3 heterocycles. The van der Waals surface area contributed by atoms with Crippen molar-refractivity contribution in [1.29, 1.82) is 0 Å². The highest BCUT2D eigenvalue weighted by atomic mass is 16.5. The summed E-state index contributed by atoms with van der Waals surface area (Å²) < 4.78 is 5.38. The summed E-state index contributed by atoms with van der Waals surface area (Å²) in [6.07, 6.45) is 3.77. The summed E-state index contributed by atoms with van der Waals surface area (Å²) in [5, 5.41) is 1.15. The van der Waals surface area contributed by atoms with Gasteiger partial charge in [-0.1, -0.05) is 12.1 Å². The SMILES string of the molecule is c1cnc2ccc(-c3ccc(N4CCOCC4)nc3)cc2c1. The molecule has 4 heteroatoms. The third kappa shape index (κ3) is 2.53. The lowest BCUT2D eigenvalue weighted by molar-refractivity contribution is 0.122. The Morgan fingerprint density at radius 2 is 1.77 bits per heavy atom. The van der Waals surface area contributed by atoms with E-state index in [4.69, 9.17) is 4.74 Å². The minimum atomic E-state index is 0.779. The maximum absolute atomic E-state index is 5.38. The maximum atomic E-state index is 5.38. The molecule has 1 saturated heterocycles. The first-order valence-electron chi connectivity index (χ1n) is 7.54. The van der Waals surface area contributed by atoms with Crippen LogP contribution >= 0.6 is 0 Å². The summed E-state index contributed by atoms with van der Waals surface area (Å²) in [4.78, 5) is 11.2. The van der Waals surface area contributed by atoms with Crippen molar-refractivity contribution in [2.24, 2.45) is 0 Å². The number of morpholine rings is 1. The van der Waals surface area contributed by atoms with Crippen molar-refractivity contribution in [3.8, 4) is 11.1 Å². The molecule has 2 aromatic heterocycles. The van der Waals surface area contributed by atoms with E-state index in [2.05, 4.69) is 51.3 Å². The van der Waals surface area contributed by atoms with Crippen LogP contribution in [0, 0.1) is 0 Å². The van der Waals surface area contributed by atoms with E-state index in [9.17, 15) is 0 Å². The van der Waals surface area contributed by atoms with Gasteiger partial charge in [-0.15, -0.1) is 0 Å². The van der Waals surface area contributed by atoms with Crippen molar-refractivity contribution in [3.63, 3.8) is 0 Å². The van der Waals surface area contributed by atoms with Gasteiger partial charge in [-0.25, -0.2) is 4.98 Å². The predicted octanol–water partition coefficient (Wildman–Crippen LogP) is 3.13. The van der Waals surface area contributed by atoms with Crippen LogP contribution in [0.1, 0.15) is 0 Å². The predicted molar refractivity (Wildman–Crippen MR) is 88.0 cm³/mol. The molecule has 0 bridgehead atoms. The molecule has 0 saturated carbocycles. The Bertz CT molecular complexity index is 780. The first-order valence-corrected chi connectivity index (χ1v) is 7.54. The summed E-state index contributed by atoms with van der Waals surface area (Å²) in [6.45, 7) is 3.38. The number of anilines is 1. The minimum absolute atomic E-state index is 0.779. The van der Waals surface area contributed by atoms with Crippen LogP contribution in [0.3, 0.4) is 0 Å². The zero-order chi connectivity index (χ0) is 14.8. The maximum Gasteiger partial charge on any atom is 0.128 e. The molecule has 1 fully saturated rings. The van der Waals surface area contributed by atoms with Crippen molar-refractivity contribution in [3.05, 3.63) is 54.9 Å². The number of fused-ring (bicyclic) bond motifs is 1. The number of benzene rings is 1. The molecular formula is C18H17N3O. The average Bonchev–Trinajstić information content (AvgIpc) is 2.62. The third-order valence-corrected chi connectivity index (χ3v) is 4.02. The number of ether oxygens (including phenoxy) is 1. The average molecular weight is 291 g/mol. The van der Waals surface area contributed by atoms with Crippen molar-refractivity contribution in [1.82, 2.24) is 9.97 Å². The fraction of sp³-hybridized carbons (Fsp3) is 0.222. The number of hydrogen-bond acceptors (Lipinski definition) is 4. The van der Waals surface area contributed by atoms with Crippen molar-refractivity contribution in [2.45, 2.75) is 0 Å². The van der Waals surface area contributed by atoms with Gasteiger partial charge < -0.3 is 9.64 Å². The van der Waals surface area contributed by atoms with Crippen LogP contribution in [0.4, 0.5) is 5.82 Å². The van der Waals surface area contributed by atoms with Crippen LogP contribution in [-0.2, 0) is 4.74 Å². The summed E-state index contributed by atoms with van der Waals surface area (Å²) in [7, 11) is 0. The smallest absolute Gasteiger partial charge is 0.128 e. The highest BCUT2D eigenvalue weighted by Crippen LogP contribution is 2.24. The highest BCUT2D eigenvalue weighted by molar-refractivity contribution is 5.84. The Balaban J connectivity index is 1.63. The van der Waals surface area contributed by atoms with Gasteiger partial charge >= 0.3 is 0 Å². The fourth-order valence-corrected chi connectivity index (χ4v) is 2.79. The van der Waals surface area contributed by atoms with E-state index in [1.165, 1.54) is 5.56 Å². The second-order valence-corrected chi connectivity index (χ2v) is 5.42. The second kappa shape index (κ2) is 5.73. The Morgan fingerprint density at radius 3 is 2.59 bits per heavy atom. The van der Waals surface area contributed by atoms with E-state index in [0.717, 1.165) is 48.6 Å². The van der Waals surface area contributed by atoms with Gasteiger partial charge in [-0.05, 0) is 35.9 Å². The van der Waals surface area contributed by atoms with Crippen LogP contribution < -0.4 is 4.90 Å². The normalized spacial score (nSPS) is 15.2. The number of hydrogen-bond donors (Lipinski definition) is 0. The van der Waals surface area contributed by atoms with Gasteiger partial charge in [0.05, 0.1) is 18.7 Å². The Labute approximate surface area is 129 Å². The van der Waals surface area contributed by atoms with E-state index in [-0.39, 0.29) is 0 Å². The van der Waals surface area contributed by atoms with E-state index in [0.29, 0.717) is 0 Å². The van der Waals surface area contributed by atoms with Gasteiger partial charge in [0.15, 0.2) is 0 Å². The van der Waals surface area contributed by atoms with Crippen molar-refractivity contribution >= 4 is 16.7 Å². The Morgan fingerprint density at radius 1 is 0.909 bits per heavy atom. The molecule has 1 aromatic carbocycles. The standard InChI is InChI=1S/C18H17N3O/c1-2-15-12-14(3-5-17(15)19-7-1)16-4-6-18(20-13-16)21-8-10-22-11-9-21/h1-7,12-13H,8-11H2. The van der Waals surface area contributed by atoms with Crippen molar-refractivity contribution in [2.75, 3.05) is 31.2 Å².